The zero-order valence-electron chi connectivity index (χ0n) is 16.1. The molecule has 159 valence electrons. The molecular weight excluding hydrogens is 424 g/mol. The van der Waals surface area contributed by atoms with Crippen molar-refractivity contribution < 1.29 is 17.1 Å². The first-order valence-electron chi connectivity index (χ1n) is 10.1. The molecule has 2 saturated heterocycles. The number of rotatable bonds is 0. The fraction of sp³-hybridized carbons (Fsp3) is 0.900. The Balaban J connectivity index is 0.000000380. The van der Waals surface area contributed by atoms with Crippen molar-refractivity contribution >= 4 is 25.3 Å². The Labute approximate surface area is 187 Å². The van der Waals surface area contributed by atoms with Gasteiger partial charge in [-0.05, 0) is 0 Å². The summed E-state index contributed by atoms with van der Waals surface area (Å²) in [5.41, 5.74) is 0. The van der Waals surface area contributed by atoms with Crippen LogP contribution in [0.1, 0.15) is 77.0 Å². The maximum atomic E-state index is 7.13. The zero-order valence-corrected chi connectivity index (χ0v) is 18.7. The summed E-state index contributed by atoms with van der Waals surface area (Å²) in [6.07, 6.45) is 17.2. The van der Waals surface area contributed by atoms with Crippen LogP contribution in [0, 0.1) is 33.2 Å². The molecule has 1 radical (unpaired) electrons. The molecule has 0 spiro atoms. The van der Waals surface area contributed by atoms with Crippen LogP contribution in [0.25, 0.3) is 10.6 Å². The number of nitriles is 2. The molecule has 7 heteroatoms. The van der Waals surface area contributed by atoms with E-state index in [0.717, 1.165) is 37.0 Å². The van der Waals surface area contributed by atoms with E-state index in [4.69, 9.17) is 10.5 Å². The molecule has 0 bridgehead atoms. The smallest absolute Gasteiger partial charge is 0 e. The van der Waals surface area contributed by atoms with Gasteiger partial charge in [0.1, 0.15) is 0 Å². The van der Waals surface area contributed by atoms with Gasteiger partial charge >= 0.3 is 0 Å². The van der Waals surface area contributed by atoms with Gasteiger partial charge in [0.25, 0.3) is 0 Å². The molecule has 4 unspecified atom stereocenters. The topological polar surface area (TPSA) is 75.8 Å². The number of hydrogen-bond acceptors (Lipinski definition) is 4. The van der Waals surface area contributed by atoms with E-state index in [2.05, 4.69) is 35.9 Å². The predicted octanol–water partition coefficient (Wildman–Crippen LogP) is 5.45. The van der Waals surface area contributed by atoms with Gasteiger partial charge in [0, 0.05) is 17.1 Å². The largest absolute Gasteiger partial charge is 0.696 e. The first kappa shape index (κ1) is 26.9. The number of fused-ring (bicyclic) bond motifs is 2. The first-order chi connectivity index (χ1) is 12.8. The molecule has 4 atom stereocenters. The van der Waals surface area contributed by atoms with Gasteiger partial charge in [-0.2, -0.15) is 0 Å². The van der Waals surface area contributed by atoms with Crippen molar-refractivity contribution in [3.8, 4) is 10.8 Å². The maximum absolute atomic E-state index is 7.13. The summed E-state index contributed by atoms with van der Waals surface area (Å²) in [5.74, 6) is 1.98. The zero-order chi connectivity index (χ0) is 19.0. The van der Waals surface area contributed by atoms with Crippen LogP contribution in [0.15, 0.2) is 0 Å². The van der Waals surface area contributed by atoms with Gasteiger partial charge in [0.2, 0.25) is 0 Å². The molecule has 2 heterocycles. The quantitative estimate of drug-likeness (QED) is 0.276. The van der Waals surface area contributed by atoms with Gasteiger partial charge in [0.15, 0.2) is 0 Å². The van der Waals surface area contributed by atoms with E-state index in [1.54, 1.807) is 0 Å². The van der Waals surface area contributed by atoms with Crippen molar-refractivity contribution in [3.05, 3.63) is 10.6 Å². The van der Waals surface area contributed by atoms with E-state index in [1.807, 2.05) is 0 Å². The van der Waals surface area contributed by atoms with E-state index in [-0.39, 0.29) is 17.1 Å². The normalized spacial score (nSPS) is 30.7. The summed E-state index contributed by atoms with van der Waals surface area (Å²) in [5, 5.41) is 26.2. The standard InChI is InChI=1S/2C9H16N.2CHNS.Cu/c2*1-2-6-9-8(4-1)5-3-7-10-9;2*2-1-3;/h2*8-9H,1-7H2;2*3H;/q2*-1;;;/p-2. The molecule has 2 saturated carbocycles. The summed E-state index contributed by atoms with van der Waals surface area (Å²) >= 11 is 7.40. The van der Waals surface area contributed by atoms with Crippen LogP contribution < -0.4 is 0 Å². The number of nitrogens with zero attached hydrogens (tertiary/aromatic N) is 4. The Morgan fingerprint density at radius 2 is 0.889 bits per heavy atom. The molecule has 0 N–H and O–H groups in total. The summed E-state index contributed by atoms with van der Waals surface area (Å²) < 4.78 is 0. The minimum absolute atomic E-state index is 0. The number of thiocyanates is 2. The fourth-order valence-corrected chi connectivity index (χ4v) is 4.75. The SMILES string of the molecule is C1CCC2[N-]CCCC2C1.C1CCC2[N-]CCCC2C1.N#C[S-].N#C[S-].[Cu]. The minimum Gasteiger partial charge on any atom is -0.696 e. The van der Waals surface area contributed by atoms with E-state index in [0.29, 0.717) is 0 Å². The molecule has 2 aliphatic carbocycles. The second kappa shape index (κ2) is 17.9. The second-order valence-electron chi connectivity index (χ2n) is 7.50. The Kier molecular flexibility index (Phi) is 17.8. The average molecular weight is 456 g/mol. The van der Waals surface area contributed by atoms with Gasteiger partial charge in [-0.1, -0.05) is 99.7 Å². The van der Waals surface area contributed by atoms with E-state index in [9.17, 15) is 0 Å². The number of piperidine rings is 2. The molecule has 0 aromatic heterocycles. The molecule has 0 amide bonds. The van der Waals surface area contributed by atoms with E-state index < -0.39 is 0 Å². The molecule has 27 heavy (non-hydrogen) atoms. The van der Waals surface area contributed by atoms with Crippen LogP contribution >= 0.6 is 0 Å². The van der Waals surface area contributed by atoms with Crippen LogP contribution in [-0.2, 0) is 42.3 Å². The third-order valence-electron chi connectivity index (χ3n) is 5.93. The summed E-state index contributed by atoms with van der Waals surface area (Å²) in [6.45, 7) is 2.31. The molecule has 4 aliphatic rings. The summed E-state index contributed by atoms with van der Waals surface area (Å²) in [6, 6.07) is 1.56. The molecular formula is C20H32CuN4S2-4. The van der Waals surface area contributed by atoms with Crippen molar-refractivity contribution in [2.24, 2.45) is 11.8 Å². The van der Waals surface area contributed by atoms with Crippen molar-refractivity contribution in [2.75, 3.05) is 13.1 Å². The Morgan fingerprint density at radius 1 is 0.593 bits per heavy atom. The molecule has 2 aliphatic heterocycles. The van der Waals surface area contributed by atoms with Crippen molar-refractivity contribution in [1.82, 2.24) is 0 Å². The van der Waals surface area contributed by atoms with Crippen LogP contribution in [0.3, 0.4) is 0 Å². The fourth-order valence-electron chi connectivity index (χ4n) is 4.75. The van der Waals surface area contributed by atoms with E-state index in [1.165, 1.54) is 87.9 Å². The summed E-state index contributed by atoms with van der Waals surface area (Å²) in [4.78, 5) is 0. The van der Waals surface area contributed by atoms with Gasteiger partial charge < -0.3 is 35.9 Å². The number of hydrogen-bond donors (Lipinski definition) is 0. The molecule has 0 aromatic carbocycles. The average Bonchev–Trinajstić information content (AvgIpc) is 2.70. The molecule has 4 nitrogen and oxygen atoms in total. The van der Waals surface area contributed by atoms with Gasteiger partial charge in [0.05, 0.1) is 0 Å². The van der Waals surface area contributed by atoms with Gasteiger partial charge in [-0.3, -0.25) is 0 Å². The van der Waals surface area contributed by atoms with Crippen molar-refractivity contribution in [2.45, 2.75) is 89.1 Å². The van der Waals surface area contributed by atoms with Crippen molar-refractivity contribution in [3.63, 3.8) is 0 Å². The predicted molar refractivity (Wildman–Crippen MR) is 112 cm³/mol. The second-order valence-corrected chi connectivity index (χ2v) is 7.87. The van der Waals surface area contributed by atoms with Gasteiger partial charge in [-0.15, -0.1) is 25.2 Å². The van der Waals surface area contributed by atoms with Crippen LogP contribution in [0.5, 0.6) is 0 Å². The Hall–Kier alpha value is -0.141. The molecule has 4 rings (SSSR count). The third kappa shape index (κ3) is 11.4. The van der Waals surface area contributed by atoms with Crippen LogP contribution in [0.2, 0.25) is 0 Å². The Morgan fingerprint density at radius 3 is 1.22 bits per heavy atom. The van der Waals surface area contributed by atoms with E-state index >= 15 is 0 Å². The maximum Gasteiger partial charge on any atom is 0 e. The first-order valence-corrected chi connectivity index (χ1v) is 10.9. The van der Waals surface area contributed by atoms with Gasteiger partial charge in [-0.25, -0.2) is 10.5 Å². The third-order valence-corrected chi connectivity index (χ3v) is 5.93. The molecule has 0 aromatic rings. The monoisotopic (exact) mass is 455 g/mol. The van der Waals surface area contributed by atoms with Crippen molar-refractivity contribution in [1.29, 1.82) is 10.5 Å². The molecule has 4 fully saturated rings. The van der Waals surface area contributed by atoms with Crippen LogP contribution in [0.4, 0.5) is 0 Å². The van der Waals surface area contributed by atoms with Crippen LogP contribution in [-0.4, -0.2) is 25.2 Å². The Bertz CT molecular complexity index is 347. The summed E-state index contributed by atoms with van der Waals surface area (Å²) in [7, 11) is 0. The minimum atomic E-state index is 0.